The molecular formula is C27H44N2O6. The summed E-state index contributed by atoms with van der Waals surface area (Å²) in [5.41, 5.74) is 0.718. The Morgan fingerprint density at radius 2 is 1.86 bits per heavy atom. The summed E-state index contributed by atoms with van der Waals surface area (Å²) >= 11 is 0. The van der Waals surface area contributed by atoms with Gasteiger partial charge in [0.2, 0.25) is 0 Å². The Bertz CT molecular complexity index is 812. The van der Waals surface area contributed by atoms with Crippen LogP contribution in [0.1, 0.15) is 60.3 Å². The first-order valence-corrected chi connectivity index (χ1v) is 13.3. The van der Waals surface area contributed by atoms with Gasteiger partial charge >= 0.3 is 6.09 Å². The number of hydrogen-bond donors (Lipinski definition) is 0. The molecule has 3 heterocycles. The molecule has 0 aromatic heterocycles. The SMILES string of the molecule is CO[C@@H]1[C@H](OC(=O)N2CCN(CCC(=O)C(C)C)CC2)CC[C@]2(CO2)[C@H]1[C@@]1(C)O[C@@H]1CC=C(C)C. The van der Waals surface area contributed by atoms with Crippen LogP contribution in [0.3, 0.4) is 0 Å². The topological polar surface area (TPSA) is 84.1 Å². The third-order valence-electron chi connectivity index (χ3n) is 8.44. The molecule has 1 aliphatic carbocycles. The maximum atomic E-state index is 13.1. The molecule has 4 rings (SSSR count). The van der Waals surface area contributed by atoms with Crippen LogP contribution in [0.4, 0.5) is 4.79 Å². The van der Waals surface area contributed by atoms with Crippen molar-refractivity contribution in [2.24, 2.45) is 11.8 Å². The number of carbonyl (C=O) groups is 2. The summed E-state index contributed by atoms with van der Waals surface area (Å²) in [6.07, 6.45) is 4.51. The molecular weight excluding hydrogens is 448 g/mol. The fourth-order valence-electron chi connectivity index (χ4n) is 5.99. The first-order chi connectivity index (χ1) is 16.6. The number of rotatable bonds is 9. The third-order valence-corrected chi connectivity index (χ3v) is 8.44. The Morgan fingerprint density at radius 3 is 2.43 bits per heavy atom. The highest BCUT2D eigenvalue weighted by Crippen LogP contribution is 2.59. The summed E-state index contributed by atoms with van der Waals surface area (Å²) in [5.74, 6) is 0.390. The van der Waals surface area contributed by atoms with Crippen molar-refractivity contribution in [3.63, 3.8) is 0 Å². The van der Waals surface area contributed by atoms with E-state index in [0.29, 0.717) is 26.1 Å². The molecule has 1 spiro atoms. The summed E-state index contributed by atoms with van der Waals surface area (Å²) in [4.78, 5) is 29.1. The minimum Gasteiger partial charge on any atom is -0.443 e. The van der Waals surface area contributed by atoms with Gasteiger partial charge in [-0.15, -0.1) is 0 Å². The number of allylic oxidation sites excluding steroid dienone is 1. The van der Waals surface area contributed by atoms with Gasteiger partial charge in [0, 0.05) is 52.2 Å². The van der Waals surface area contributed by atoms with Gasteiger partial charge in [0.25, 0.3) is 0 Å². The first-order valence-electron chi connectivity index (χ1n) is 13.3. The van der Waals surface area contributed by atoms with Gasteiger partial charge in [-0.2, -0.15) is 0 Å². The highest BCUT2D eigenvalue weighted by Gasteiger charge is 2.72. The van der Waals surface area contributed by atoms with Gasteiger partial charge < -0.3 is 23.8 Å². The summed E-state index contributed by atoms with van der Waals surface area (Å²) in [6.45, 7) is 14.5. The summed E-state index contributed by atoms with van der Waals surface area (Å²) < 4.78 is 24.3. The number of piperazine rings is 1. The standard InChI is InChI=1S/C27H44N2O6/c1-18(2)7-8-22-26(5,35-22)24-23(32-6)21(9-11-27(24)17-33-27)34-25(31)29-15-13-28(14-16-29)12-10-20(30)19(3)4/h7,19,21-24H,8-17H2,1-6H3/t21-,22-,23-,24-,26+,27+/m1/s1. The van der Waals surface area contributed by atoms with Gasteiger partial charge in [0.05, 0.1) is 18.6 Å². The Kier molecular flexibility index (Phi) is 7.96. The van der Waals surface area contributed by atoms with E-state index in [0.717, 1.165) is 38.9 Å². The molecule has 1 saturated carbocycles. The number of nitrogens with zero attached hydrogens (tertiary/aromatic N) is 2. The molecule has 0 N–H and O–H groups in total. The average molecular weight is 493 g/mol. The number of epoxide rings is 2. The van der Waals surface area contributed by atoms with E-state index in [1.807, 2.05) is 13.8 Å². The lowest BCUT2D eigenvalue weighted by Gasteiger charge is -2.43. The molecule has 4 fully saturated rings. The molecule has 35 heavy (non-hydrogen) atoms. The zero-order valence-electron chi connectivity index (χ0n) is 22.4. The van der Waals surface area contributed by atoms with E-state index in [1.54, 1.807) is 12.0 Å². The summed E-state index contributed by atoms with van der Waals surface area (Å²) in [5, 5.41) is 0. The molecule has 0 bridgehead atoms. The Morgan fingerprint density at radius 1 is 1.17 bits per heavy atom. The number of carbonyl (C=O) groups excluding carboxylic acids is 2. The number of methoxy groups -OCH3 is 1. The van der Waals surface area contributed by atoms with Gasteiger partial charge in [-0.1, -0.05) is 25.5 Å². The van der Waals surface area contributed by atoms with E-state index in [-0.39, 0.29) is 53.2 Å². The third kappa shape index (κ3) is 5.76. The predicted molar refractivity (Wildman–Crippen MR) is 132 cm³/mol. The largest absolute Gasteiger partial charge is 0.443 e. The lowest BCUT2D eigenvalue weighted by Crippen LogP contribution is -2.57. The molecule has 0 unspecified atom stereocenters. The average Bonchev–Trinajstić information content (AvgIpc) is 3.74. The second kappa shape index (κ2) is 10.5. The van der Waals surface area contributed by atoms with E-state index in [9.17, 15) is 9.59 Å². The van der Waals surface area contributed by atoms with Crippen molar-refractivity contribution in [3.8, 4) is 0 Å². The summed E-state index contributed by atoms with van der Waals surface area (Å²) in [6, 6.07) is 0. The second-order valence-electron chi connectivity index (χ2n) is 11.5. The number of hydrogen-bond acceptors (Lipinski definition) is 7. The molecule has 8 nitrogen and oxygen atoms in total. The molecule has 3 aliphatic heterocycles. The quantitative estimate of drug-likeness (QED) is 0.360. The van der Waals surface area contributed by atoms with Gasteiger partial charge in [-0.3, -0.25) is 9.69 Å². The molecule has 198 valence electrons. The summed E-state index contributed by atoms with van der Waals surface area (Å²) in [7, 11) is 1.70. The second-order valence-corrected chi connectivity index (χ2v) is 11.5. The minimum absolute atomic E-state index is 0.0254. The van der Waals surface area contributed by atoms with Crippen LogP contribution in [-0.4, -0.2) is 97.6 Å². The molecule has 0 aromatic carbocycles. The highest BCUT2D eigenvalue weighted by atomic mass is 16.6. The number of ketones is 1. The Labute approximate surface area is 210 Å². The minimum atomic E-state index is -0.340. The highest BCUT2D eigenvalue weighted by molar-refractivity contribution is 5.80. The molecule has 0 radical (unpaired) electrons. The van der Waals surface area contributed by atoms with Crippen molar-refractivity contribution in [2.75, 3.05) is 46.4 Å². The number of amides is 1. The van der Waals surface area contributed by atoms with Crippen molar-refractivity contribution < 1.29 is 28.5 Å². The van der Waals surface area contributed by atoms with Gasteiger partial charge in [0.15, 0.2) is 0 Å². The monoisotopic (exact) mass is 492 g/mol. The first kappa shape index (κ1) is 26.6. The van der Waals surface area contributed by atoms with E-state index in [4.69, 9.17) is 18.9 Å². The fourth-order valence-corrected chi connectivity index (χ4v) is 5.99. The molecule has 1 amide bonds. The zero-order valence-corrected chi connectivity index (χ0v) is 22.4. The predicted octanol–water partition coefficient (Wildman–Crippen LogP) is 3.43. The van der Waals surface area contributed by atoms with Crippen LogP contribution in [0.15, 0.2) is 11.6 Å². The number of ether oxygens (including phenoxy) is 4. The van der Waals surface area contributed by atoms with Crippen molar-refractivity contribution in [1.29, 1.82) is 0 Å². The molecule has 6 atom stereocenters. The van der Waals surface area contributed by atoms with E-state index in [1.165, 1.54) is 5.57 Å². The molecule has 3 saturated heterocycles. The molecule has 0 aromatic rings. The molecule has 8 heteroatoms. The van der Waals surface area contributed by atoms with Crippen molar-refractivity contribution in [3.05, 3.63) is 11.6 Å². The van der Waals surface area contributed by atoms with E-state index >= 15 is 0 Å². The van der Waals surface area contributed by atoms with Crippen LogP contribution in [0.25, 0.3) is 0 Å². The number of Topliss-reactive ketones (excluding diaryl/α,β-unsaturated/α-hetero) is 1. The Balaban J connectivity index is 1.33. The van der Waals surface area contributed by atoms with Crippen LogP contribution >= 0.6 is 0 Å². The zero-order chi connectivity index (χ0) is 25.4. The lowest BCUT2D eigenvalue weighted by atomic mass is 9.68. The van der Waals surface area contributed by atoms with Crippen molar-refractivity contribution in [2.45, 2.75) is 89.8 Å². The van der Waals surface area contributed by atoms with Crippen molar-refractivity contribution in [1.82, 2.24) is 9.80 Å². The normalized spacial score (nSPS) is 36.8. The van der Waals surface area contributed by atoms with Crippen LogP contribution in [0.5, 0.6) is 0 Å². The van der Waals surface area contributed by atoms with E-state index < -0.39 is 0 Å². The molecule has 4 aliphatic rings. The van der Waals surface area contributed by atoms with E-state index in [2.05, 4.69) is 31.7 Å². The van der Waals surface area contributed by atoms with Crippen LogP contribution in [-0.2, 0) is 23.7 Å². The lowest BCUT2D eigenvalue weighted by molar-refractivity contribution is -0.123. The Hall–Kier alpha value is -1.48. The maximum Gasteiger partial charge on any atom is 0.410 e. The smallest absolute Gasteiger partial charge is 0.410 e. The van der Waals surface area contributed by atoms with Crippen molar-refractivity contribution >= 4 is 11.9 Å². The maximum absolute atomic E-state index is 13.1. The van der Waals surface area contributed by atoms with Gasteiger partial charge in [-0.25, -0.2) is 4.79 Å². The van der Waals surface area contributed by atoms with Gasteiger partial charge in [-0.05, 0) is 40.0 Å². The van der Waals surface area contributed by atoms with Crippen LogP contribution in [0, 0.1) is 11.8 Å². The van der Waals surface area contributed by atoms with Crippen LogP contribution < -0.4 is 0 Å². The fraction of sp³-hybridized carbons (Fsp3) is 0.852. The van der Waals surface area contributed by atoms with Gasteiger partial charge in [0.1, 0.15) is 29.2 Å². The van der Waals surface area contributed by atoms with Crippen LogP contribution in [0.2, 0.25) is 0 Å².